The number of carbonyl (C=O) groups is 2. The Hall–Kier alpha value is -2.96. The third kappa shape index (κ3) is 3.68. The Bertz CT molecular complexity index is 728. The van der Waals surface area contributed by atoms with E-state index in [9.17, 15) is 9.59 Å². The van der Waals surface area contributed by atoms with Crippen LogP contribution in [0, 0.1) is 5.92 Å². The second-order valence-corrected chi connectivity index (χ2v) is 5.64. The standard InChI is InChI=1S/C17H18N4O3/c18-16(22)13-2-1-3-14(10-13)24-17(23)12-4-8-21(9-5-12)15-11-19-6-7-20-15/h1-3,6-7,10-12H,4-5,8-9H2,(H2,18,22). The van der Waals surface area contributed by atoms with Crippen LogP contribution in [0.2, 0.25) is 0 Å². The summed E-state index contributed by atoms with van der Waals surface area (Å²) in [7, 11) is 0. The van der Waals surface area contributed by atoms with Crippen molar-refractivity contribution in [1.29, 1.82) is 0 Å². The Morgan fingerprint density at radius 3 is 2.67 bits per heavy atom. The zero-order chi connectivity index (χ0) is 16.9. The summed E-state index contributed by atoms with van der Waals surface area (Å²) in [5.74, 6) is 0.155. The van der Waals surface area contributed by atoms with Gasteiger partial charge in [-0.3, -0.25) is 14.6 Å². The molecule has 24 heavy (non-hydrogen) atoms. The maximum Gasteiger partial charge on any atom is 0.314 e. The Balaban J connectivity index is 1.57. The smallest absolute Gasteiger partial charge is 0.314 e. The molecule has 0 aliphatic carbocycles. The number of nitrogens with zero attached hydrogens (tertiary/aromatic N) is 3. The van der Waals surface area contributed by atoms with Crippen LogP contribution in [0.25, 0.3) is 0 Å². The van der Waals surface area contributed by atoms with Gasteiger partial charge in [-0.15, -0.1) is 0 Å². The van der Waals surface area contributed by atoms with Crippen molar-refractivity contribution in [2.24, 2.45) is 11.7 Å². The predicted octanol–water partition coefficient (Wildman–Crippen LogP) is 1.40. The molecule has 1 aromatic carbocycles. The summed E-state index contributed by atoms with van der Waals surface area (Å²) in [4.78, 5) is 33.9. The minimum atomic E-state index is -0.551. The van der Waals surface area contributed by atoms with Crippen LogP contribution in [0.5, 0.6) is 5.75 Å². The highest BCUT2D eigenvalue weighted by molar-refractivity contribution is 5.93. The van der Waals surface area contributed by atoms with E-state index >= 15 is 0 Å². The molecule has 1 amide bonds. The number of rotatable bonds is 4. The SMILES string of the molecule is NC(=O)c1cccc(OC(=O)C2CCN(c3cnccn3)CC2)c1. The molecule has 0 spiro atoms. The zero-order valence-electron chi connectivity index (χ0n) is 13.1. The van der Waals surface area contributed by atoms with Crippen LogP contribution in [-0.2, 0) is 4.79 Å². The molecule has 0 saturated carbocycles. The molecular formula is C17H18N4O3. The summed E-state index contributed by atoms with van der Waals surface area (Å²) < 4.78 is 5.39. The number of nitrogens with two attached hydrogens (primary N) is 1. The lowest BCUT2D eigenvalue weighted by atomic mass is 9.97. The van der Waals surface area contributed by atoms with Crippen molar-refractivity contribution < 1.29 is 14.3 Å². The molecule has 2 N–H and O–H groups in total. The fourth-order valence-corrected chi connectivity index (χ4v) is 2.71. The van der Waals surface area contributed by atoms with Crippen LogP contribution >= 0.6 is 0 Å². The Morgan fingerprint density at radius 1 is 1.21 bits per heavy atom. The van der Waals surface area contributed by atoms with Crippen molar-refractivity contribution in [1.82, 2.24) is 9.97 Å². The molecule has 124 valence electrons. The van der Waals surface area contributed by atoms with Gasteiger partial charge in [0, 0.05) is 31.0 Å². The number of anilines is 1. The zero-order valence-corrected chi connectivity index (χ0v) is 13.1. The number of carbonyl (C=O) groups excluding carboxylic acids is 2. The Kier molecular flexibility index (Phi) is 4.69. The summed E-state index contributed by atoms with van der Waals surface area (Å²) in [6.07, 6.45) is 6.37. The van der Waals surface area contributed by atoms with Gasteiger partial charge in [-0.2, -0.15) is 0 Å². The van der Waals surface area contributed by atoms with E-state index in [1.165, 1.54) is 6.07 Å². The molecule has 1 fully saturated rings. The number of aromatic nitrogens is 2. The summed E-state index contributed by atoms with van der Waals surface area (Å²) >= 11 is 0. The molecule has 1 aliphatic heterocycles. The number of hydrogen-bond acceptors (Lipinski definition) is 6. The van der Waals surface area contributed by atoms with Crippen molar-refractivity contribution in [3.63, 3.8) is 0 Å². The Morgan fingerprint density at radius 2 is 2.00 bits per heavy atom. The van der Waals surface area contributed by atoms with Crippen LogP contribution in [0.4, 0.5) is 5.82 Å². The lowest BCUT2D eigenvalue weighted by molar-refractivity contribution is -0.139. The number of piperidine rings is 1. The minimum absolute atomic E-state index is 0.171. The molecule has 1 aliphatic rings. The normalized spacial score (nSPS) is 15.1. The van der Waals surface area contributed by atoms with Crippen LogP contribution in [0.1, 0.15) is 23.2 Å². The number of amides is 1. The third-order valence-corrected chi connectivity index (χ3v) is 4.04. The maximum absolute atomic E-state index is 12.3. The van der Waals surface area contributed by atoms with E-state index in [1.807, 2.05) is 0 Å². The van der Waals surface area contributed by atoms with Gasteiger partial charge >= 0.3 is 5.97 Å². The number of ether oxygens (including phenoxy) is 1. The van der Waals surface area contributed by atoms with Crippen molar-refractivity contribution in [2.75, 3.05) is 18.0 Å². The van der Waals surface area contributed by atoms with Gasteiger partial charge in [-0.1, -0.05) is 6.07 Å². The molecule has 0 radical (unpaired) electrons. The topological polar surface area (TPSA) is 98.4 Å². The van der Waals surface area contributed by atoms with Gasteiger partial charge in [0.25, 0.3) is 0 Å². The lowest BCUT2D eigenvalue weighted by Gasteiger charge is -2.31. The van der Waals surface area contributed by atoms with Crippen LogP contribution in [0.3, 0.4) is 0 Å². The van der Waals surface area contributed by atoms with E-state index in [1.54, 1.807) is 36.8 Å². The van der Waals surface area contributed by atoms with E-state index < -0.39 is 5.91 Å². The summed E-state index contributed by atoms with van der Waals surface area (Å²) in [5.41, 5.74) is 5.55. The molecule has 0 bridgehead atoms. The van der Waals surface area contributed by atoms with Crippen molar-refractivity contribution >= 4 is 17.7 Å². The molecule has 0 unspecified atom stereocenters. The first kappa shape index (κ1) is 15.9. The van der Waals surface area contributed by atoms with Gasteiger partial charge in [0.15, 0.2) is 0 Å². The van der Waals surface area contributed by atoms with Crippen LogP contribution < -0.4 is 15.4 Å². The molecule has 1 saturated heterocycles. The van der Waals surface area contributed by atoms with Crippen LogP contribution in [-0.4, -0.2) is 34.9 Å². The van der Waals surface area contributed by atoms with Crippen molar-refractivity contribution in [3.05, 3.63) is 48.4 Å². The lowest BCUT2D eigenvalue weighted by Crippen LogP contribution is -2.38. The fraction of sp³-hybridized carbons (Fsp3) is 0.294. The van der Waals surface area contributed by atoms with Crippen molar-refractivity contribution in [3.8, 4) is 5.75 Å². The monoisotopic (exact) mass is 326 g/mol. The summed E-state index contributed by atoms with van der Waals surface area (Å²) in [6, 6.07) is 6.34. The number of benzene rings is 1. The van der Waals surface area contributed by atoms with Gasteiger partial charge < -0.3 is 15.4 Å². The quantitative estimate of drug-likeness (QED) is 0.673. The summed E-state index contributed by atoms with van der Waals surface area (Å²) in [6.45, 7) is 1.44. The molecule has 0 atom stereocenters. The van der Waals surface area contributed by atoms with Crippen LogP contribution in [0.15, 0.2) is 42.9 Å². The molecule has 2 aromatic rings. The third-order valence-electron chi connectivity index (χ3n) is 4.04. The number of esters is 1. The van der Waals surface area contributed by atoms with Gasteiger partial charge in [0.05, 0.1) is 12.1 Å². The first-order chi connectivity index (χ1) is 11.6. The molecule has 7 heteroatoms. The molecule has 2 heterocycles. The maximum atomic E-state index is 12.3. The molecule has 3 rings (SSSR count). The second-order valence-electron chi connectivity index (χ2n) is 5.64. The van der Waals surface area contributed by atoms with E-state index in [0.29, 0.717) is 24.2 Å². The Labute approximate surface area is 139 Å². The highest BCUT2D eigenvalue weighted by Crippen LogP contribution is 2.23. The summed E-state index contributed by atoms with van der Waals surface area (Å²) in [5, 5.41) is 0. The van der Waals surface area contributed by atoms with E-state index in [0.717, 1.165) is 18.9 Å². The van der Waals surface area contributed by atoms with Gasteiger partial charge in [-0.25, -0.2) is 4.98 Å². The highest BCUT2D eigenvalue weighted by Gasteiger charge is 2.27. The van der Waals surface area contributed by atoms with Crippen molar-refractivity contribution in [2.45, 2.75) is 12.8 Å². The van der Waals surface area contributed by atoms with Gasteiger partial charge in [0.1, 0.15) is 11.6 Å². The molecule has 7 nitrogen and oxygen atoms in total. The molecule has 1 aromatic heterocycles. The second kappa shape index (κ2) is 7.08. The van der Waals surface area contributed by atoms with Gasteiger partial charge in [0.2, 0.25) is 5.91 Å². The predicted molar refractivity (Wildman–Crippen MR) is 87.6 cm³/mol. The first-order valence-corrected chi connectivity index (χ1v) is 7.76. The average molecular weight is 326 g/mol. The highest BCUT2D eigenvalue weighted by atomic mass is 16.5. The fourth-order valence-electron chi connectivity index (χ4n) is 2.71. The van der Waals surface area contributed by atoms with E-state index in [2.05, 4.69) is 14.9 Å². The number of primary amides is 1. The van der Waals surface area contributed by atoms with E-state index in [-0.39, 0.29) is 11.9 Å². The first-order valence-electron chi connectivity index (χ1n) is 7.76. The minimum Gasteiger partial charge on any atom is -0.426 e. The molecular weight excluding hydrogens is 308 g/mol. The van der Waals surface area contributed by atoms with E-state index in [4.69, 9.17) is 10.5 Å². The average Bonchev–Trinajstić information content (AvgIpc) is 2.63. The largest absolute Gasteiger partial charge is 0.426 e. The van der Waals surface area contributed by atoms with Gasteiger partial charge in [-0.05, 0) is 31.0 Å². The number of hydrogen-bond donors (Lipinski definition) is 1.